The Balaban J connectivity index is 1.73. The Morgan fingerprint density at radius 1 is 1.11 bits per heavy atom. The molecule has 8 heteroatoms. The minimum absolute atomic E-state index is 0.0300. The monoisotopic (exact) mass is 415 g/mol. The SMILES string of the molecule is FC(F)(F)CCN1CCC[C@H](n2c3ccc(Cl)cc3c3cc(Cl)cnc32)C1. The van der Waals surface area contributed by atoms with Gasteiger partial charge >= 0.3 is 6.18 Å². The van der Waals surface area contributed by atoms with Gasteiger partial charge in [0.1, 0.15) is 5.65 Å². The molecule has 0 amide bonds. The van der Waals surface area contributed by atoms with Gasteiger partial charge in [0.25, 0.3) is 0 Å². The molecular weight excluding hydrogens is 398 g/mol. The van der Waals surface area contributed by atoms with E-state index in [4.69, 9.17) is 23.2 Å². The van der Waals surface area contributed by atoms with Crippen molar-refractivity contribution in [2.45, 2.75) is 31.5 Å². The van der Waals surface area contributed by atoms with E-state index in [1.165, 1.54) is 0 Å². The van der Waals surface area contributed by atoms with E-state index >= 15 is 0 Å². The molecule has 1 fully saturated rings. The molecule has 1 saturated heterocycles. The maximum atomic E-state index is 12.6. The van der Waals surface area contributed by atoms with Gasteiger partial charge in [-0.15, -0.1) is 0 Å². The van der Waals surface area contributed by atoms with Gasteiger partial charge in [0, 0.05) is 41.1 Å². The number of pyridine rings is 1. The average Bonchev–Trinajstić information content (AvgIpc) is 2.93. The molecule has 0 saturated carbocycles. The zero-order chi connectivity index (χ0) is 19.2. The number of aromatic nitrogens is 2. The van der Waals surface area contributed by atoms with Gasteiger partial charge in [0.2, 0.25) is 0 Å². The Kier molecular flexibility index (Phi) is 4.99. The van der Waals surface area contributed by atoms with Crippen molar-refractivity contribution in [3.63, 3.8) is 0 Å². The average molecular weight is 416 g/mol. The highest BCUT2D eigenvalue weighted by Gasteiger charge is 2.30. The van der Waals surface area contributed by atoms with Gasteiger partial charge in [-0.3, -0.25) is 0 Å². The number of likely N-dealkylation sites (tertiary alicyclic amines) is 1. The van der Waals surface area contributed by atoms with Crippen LogP contribution in [0.15, 0.2) is 30.5 Å². The second-order valence-corrected chi connectivity index (χ2v) is 7.89. The second kappa shape index (κ2) is 7.15. The third kappa shape index (κ3) is 3.89. The number of hydrogen-bond donors (Lipinski definition) is 0. The number of fused-ring (bicyclic) bond motifs is 3. The lowest BCUT2D eigenvalue weighted by atomic mass is 10.0. The predicted molar refractivity (Wildman–Crippen MR) is 103 cm³/mol. The van der Waals surface area contributed by atoms with E-state index in [0.717, 1.165) is 34.8 Å². The molecule has 27 heavy (non-hydrogen) atoms. The van der Waals surface area contributed by atoms with E-state index in [0.29, 0.717) is 23.1 Å². The summed E-state index contributed by atoms with van der Waals surface area (Å²) in [6, 6.07) is 7.58. The number of hydrogen-bond acceptors (Lipinski definition) is 2. The molecule has 2 aromatic heterocycles. The number of benzene rings is 1. The van der Waals surface area contributed by atoms with Crippen molar-refractivity contribution in [3.05, 3.63) is 40.5 Å². The first-order chi connectivity index (χ1) is 12.8. The molecule has 1 aliphatic rings. The van der Waals surface area contributed by atoms with Crippen LogP contribution in [0.2, 0.25) is 10.0 Å². The summed E-state index contributed by atoms with van der Waals surface area (Å²) in [7, 11) is 0. The maximum absolute atomic E-state index is 12.6. The van der Waals surface area contributed by atoms with E-state index in [2.05, 4.69) is 9.55 Å². The van der Waals surface area contributed by atoms with Crippen LogP contribution < -0.4 is 0 Å². The van der Waals surface area contributed by atoms with E-state index < -0.39 is 12.6 Å². The molecule has 1 atom stereocenters. The summed E-state index contributed by atoms with van der Waals surface area (Å²) < 4.78 is 40.0. The molecule has 0 N–H and O–H groups in total. The third-order valence-corrected chi connectivity index (χ3v) is 5.57. The van der Waals surface area contributed by atoms with Crippen molar-refractivity contribution >= 4 is 45.1 Å². The summed E-state index contributed by atoms with van der Waals surface area (Å²) in [6.45, 7) is 1.29. The van der Waals surface area contributed by atoms with Crippen LogP contribution in [-0.4, -0.2) is 40.3 Å². The van der Waals surface area contributed by atoms with Gasteiger partial charge in [-0.25, -0.2) is 4.98 Å². The molecule has 3 aromatic rings. The lowest BCUT2D eigenvalue weighted by Crippen LogP contribution is -2.38. The summed E-state index contributed by atoms with van der Waals surface area (Å²) in [6.07, 6.45) is -1.56. The van der Waals surface area contributed by atoms with Crippen molar-refractivity contribution in [1.82, 2.24) is 14.5 Å². The molecule has 0 aliphatic carbocycles. The quantitative estimate of drug-likeness (QED) is 0.516. The normalized spacial score (nSPS) is 19.2. The van der Waals surface area contributed by atoms with Gasteiger partial charge in [-0.05, 0) is 43.7 Å². The molecule has 0 bridgehead atoms. The lowest BCUT2D eigenvalue weighted by Gasteiger charge is -2.34. The third-order valence-electron chi connectivity index (χ3n) is 5.13. The van der Waals surface area contributed by atoms with Crippen LogP contribution in [0.1, 0.15) is 25.3 Å². The van der Waals surface area contributed by atoms with Gasteiger partial charge in [-0.1, -0.05) is 23.2 Å². The van der Waals surface area contributed by atoms with Crippen LogP contribution >= 0.6 is 23.2 Å². The van der Waals surface area contributed by atoms with Gasteiger partial charge < -0.3 is 9.47 Å². The summed E-state index contributed by atoms with van der Waals surface area (Å²) >= 11 is 12.3. The molecular formula is C19H18Cl2F3N3. The van der Waals surface area contributed by atoms with Crippen molar-refractivity contribution in [3.8, 4) is 0 Å². The van der Waals surface area contributed by atoms with Crippen LogP contribution in [0.25, 0.3) is 21.9 Å². The first-order valence-electron chi connectivity index (χ1n) is 8.85. The molecule has 3 nitrogen and oxygen atoms in total. The second-order valence-electron chi connectivity index (χ2n) is 7.02. The van der Waals surface area contributed by atoms with Crippen molar-refractivity contribution in [2.75, 3.05) is 19.6 Å². The number of nitrogens with zero attached hydrogens (tertiary/aromatic N) is 3. The highest BCUT2D eigenvalue weighted by atomic mass is 35.5. The number of alkyl halides is 3. The van der Waals surface area contributed by atoms with E-state index in [-0.39, 0.29) is 12.6 Å². The minimum atomic E-state index is -4.13. The molecule has 0 radical (unpaired) electrons. The zero-order valence-corrected chi connectivity index (χ0v) is 16.0. The highest BCUT2D eigenvalue weighted by molar-refractivity contribution is 6.33. The fourth-order valence-corrected chi connectivity index (χ4v) is 4.30. The number of halogens is 5. The standard InChI is InChI=1S/C19H18Cl2F3N3/c20-12-3-4-17-15(8-12)16-9-13(21)10-25-18(16)27(17)14-2-1-6-26(11-14)7-5-19(22,23)24/h3-4,8-10,14H,1-2,5-7,11H2/t14-/m0/s1. The zero-order valence-electron chi connectivity index (χ0n) is 14.4. The molecule has 1 aromatic carbocycles. The summed E-state index contributed by atoms with van der Waals surface area (Å²) in [5.41, 5.74) is 1.77. The van der Waals surface area contributed by atoms with Crippen LogP contribution in [0, 0.1) is 0 Å². The fourth-order valence-electron chi connectivity index (χ4n) is 3.97. The van der Waals surface area contributed by atoms with Crippen molar-refractivity contribution in [1.29, 1.82) is 0 Å². The van der Waals surface area contributed by atoms with Gasteiger partial charge in [0.05, 0.1) is 17.0 Å². The first-order valence-corrected chi connectivity index (χ1v) is 9.61. The van der Waals surface area contributed by atoms with Crippen LogP contribution in [0.4, 0.5) is 13.2 Å². The Hall–Kier alpha value is -1.50. The number of piperidine rings is 1. The Labute approximate surface area is 164 Å². The topological polar surface area (TPSA) is 21.1 Å². The molecule has 0 unspecified atom stereocenters. The Morgan fingerprint density at radius 2 is 1.89 bits per heavy atom. The van der Waals surface area contributed by atoms with Crippen LogP contribution in [-0.2, 0) is 0 Å². The van der Waals surface area contributed by atoms with Crippen LogP contribution in [0.5, 0.6) is 0 Å². The molecule has 0 spiro atoms. The summed E-state index contributed by atoms with van der Waals surface area (Å²) in [5, 5.41) is 3.03. The Bertz CT molecular complexity index is 924. The summed E-state index contributed by atoms with van der Waals surface area (Å²) in [4.78, 5) is 6.42. The van der Waals surface area contributed by atoms with Gasteiger partial charge in [-0.2, -0.15) is 13.2 Å². The molecule has 144 valence electrons. The smallest absolute Gasteiger partial charge is 0.321 e. The molecule has 4 rings (SSSR count). The summed E-state index contributed by atoms with van der Waals surface area (Å²) in [5.74, 6) is 0. The predicted octanol–water partition coefficient (Wildman–Crippen LogP) is 6.09. The lowest BCUT2D eigenvalue weighted by molar-refractivity contribution is -0.138. The Morgan fingerprint density at radius 3 is 2.67 bits per heavy atom. The number of rotatable bonds is 3. The minimum Gasteiger partial charge on any atom is -0.321 e. The van der Waals surface area contributed by atoms with Crippen molar-refractivity contribution < 1.29 is 13.2 Å². The molecule has 1 aliphatic heterocycles. The highest BCUT2D eigenvalue weighted by Crippen LogP contribution is 2.36. The first kappa shape index (κ1) is 18.8. The maximum Gasteiger partial charge on any atom is 0.390 e. The van der Waals surface area contributed by atoms with Crippen LogP contribution in [0.3, 0.4) is 0 Å². The van der Waals surface area contributed by atoms with Crippen molar-refractivity contribution in [2.24, 2.45) is 0 Å². The van der Waals surface area contributed by atoms with E-state index in [9.17, 15) is 13.2 Å². The van der Waals surface area contributed by atoms with E-state index in [1.807, 2.05) is 29.2 Å². The van der Waals surface area contributed by atoms with Gasteiger partial charge in [0.15, 0.2) is 0 Å². The molecule has 3 heterocycles. The fraction of sp³-hybridized carbons (Fsp3) is 0.421. The van der Waals surface area contributed by atoms with E-state index in [1.54, 1.807) is 6.20 Å². The largest absolute Gasteiger partial charge is 0.390 e.